The summed E-state index contributed by atoms with van der Waals surface area (Å²) in [7, 11) is 0. The number of benzene rings is 1. The SMILES string of the molecule is Cc1cc(=O)n2nc(COC(=O)[C@H](C)NC(=O)c3ccccc3)sc2n1. The number of hydrogen-bond donors (Lipinski definition) is 1. The van der Waals surface area contributed by atoms with Crippen LogP contribution in [-0.2, 0) is 16.1 Å². The molecule has 26 heavy (non-hydrogen) atoms. The molecule has 1 N–H and O–H groups in total. The molecular weight excluding hydrogens is 356 g/mol. The lowest BCUT2D eigenvalue weighted by molar-refractivity contribution is -0.146. The number of aryl methyl sites for hydroxylation is 1. The second kappa shape index (κ2) is 7.44. The molecule has 0 spiro atoms. The number of ether oxygens (including phenoxy) is 1. The van der Waals surface area contributed by atoms with Crippen molar-refractivity contribution in [3.05, 3.63) is 63.0 Å². The molecule has 8 nitrogen and oxygen atoms in total. The van der Waals surface area contributed by atoms with E-state index in [1.807, 2.05) is 0 Å². The minimum absolute atomic E-state index is 0.100. The van der Waals surface area contributed by atoms with Crippen molar-refractivity contribution in [1.82, 2.24) is 19.9 Å². The Bertz CT molecular complexity index is 1010. The van der Waals surface area contributed by atoms with Gasteiger partial charge in [-0.25, -0.2) is 9.78 Å². The van der Waals surface area contributed by atoms with Gasteiger partial charge in [-0.2, -0.15) is 9.61 Å². The fraction of sp³-hybridized carbons (Fsp3) is 0.235. The zero-order chi connectivity index (χ0) is 18.7. The molecular formula is C17H16N4O4S. The van der Waals surface area contributed by atoms with Crippen LogP contribution in [0, 0.1) is 6.92 Å². The summed E-state index contributed by atoms with van der Waals surface area (Å²) in [4.78, 5) is 40.6. The highest BCUT2D eigenvalue weighted by Gasteiger charge is 2.19. The summed E-state index contributed by atoms with van der Waals surface area (Å²) < 4.78 is 6.35. The van der Waals surface area contributed by atoms with Gasteiger partial charge < -0.3 is 10.1 Å². The Balaban J connectivity index is 1.60. The maximum Gasteiger partial charge on any atom is 0.328 e. The van der Waals surface area contributed by atoms with Gasteiger partial charge in [-0.3, -0.25) is 9.59 Å². The van der Waals surface area contributed by atoms with E-state index < -0.39 is 12.0 Å². The van der Waals surface area contributed by atoms with Crippen molar-refractivity contribution < 1.29 is 14.3 Å². The van der Waals surface area contributed by atoms with Crippen molar-refractivity contribution in [3.63, 3.8) is 0 Å². The molecule has 0 bridgehead atoms. The topological polar surface area (TPSA) is 103 Å². The third-order valence-corrected chi connectivity index (χ3v) is 4.37. The first-order valence-corrected chi connectivity index (χ1v) is 8.64. The van der Waals surface area contributed by atoms with Gasteiger partial charge in [0.05, 0.1) is 0 Å². The Hall–Kier alpha value is -3.07. The molecule has 1 atom stereocenters. The average Bonchev–Trinajstić information content (AvgIpc) is 3.03. The predicted molar refractivity (Wildman–Crippen MR) is 95.0 cm³/mol. The lowest BCUT2D eigenvalue weighted by Gasteiger charge is -2.12. The Labute approximate surface area is 152 Å². The third kappa shape index (κ3) is 3.94. The zero-order valence-electron chi connectivity index (χ0n) is 14.1. The van der Waals surface area contributed by atoms with E-state index in [0.717, 1.165) is 0 Å². The molecule has 0 radical (unpaired) electrons. The highest BCUT2D eigenvalue weighted by Crippen LogP contribution is 2.12. The van der Waals surface area contributed by atoms with Gasteiger partial charge in [0.1, 0.15) is 12.6 Å². The molecule has 1 amide bonds. The Morgan fingerprint density at radius 3 is 2.77 bits per heavy atom. The van der Waals surface area contributed by atoms with Crippen molar-refractivity contribution in [2.24, 2.45) is 0 Å². The number of nitrogens with zero attached hydrogens (tertiary/aromatic N) is 3. The van der Waals surface area contributed by atoms with Crippen LogP contribution in [0.25, 0.3) is 4.96 Å². The molecule has 0 saturated heterocycles. The van der Waals surface area contributed by atoms with Gasteiger partial charge in [-0.15, -0.1) is 0 Å². The van der Waals surface area contributed by atoms with Gasteiger partial charge in [-0.05, 0) is 26.0 Å². The number of amides is 1. The van der Waals surface area contributed by atoms with Crippen LogP contribution < -0.4 is 10.9 Å². The van der Waals surface area contributed by atoms with Crippen molar-refractivity contribution in [2.75, 3.05) is 0 Å². The molecule has 3 aromatic rings. The van der Waals surface area contributed by atoms with Crippen molar-refractivity contribution in [1.29, 1.82) is 0 Å². The summed E-state index contributed by atoms with van der Waals surface area (Å²) in [6, 6.07) is 9.14. The second-order valence-corrected chi connectivity index (χ2v) is 6.64. The van der Waals surface area contributed by atoms with Crippen LogP contribution >= 0.6 is 11.3 Å². The second-order valence-electron chi connectivity index (χ2n) is 5.59. The van der Waals surface area contributed by atoms with E-state index in [9.17, 15) is 14.4 Å². The lowest BCUT2D eigenvalue weighted by atomic mass is 10.2. The summed E-state index contributed by atoms with van der Waals surface area (Å²) in [5, 5.41) is 7.11. The molecule has 0 unspecified atom stereocenters. The number of rotatable bonds is 5. The van der Waals surface area contributed by atoms with Crippen LogP contribution in [0.15, 0.2) is 41.2 Å². The first kappa shape index (κ1) is 17.7. The Morgan fingerprint density at radius 1 is 1.31 bits per heavy atom. The number of hydrogen-bond acceptors (Lipinski definition) is 7. The monoisotopic (exact) mass is 372 g/mol. The number of carbonyl (C=O) groups is 2. The molecule has 1 aromatic carbocycles. The first-order valence-electron chi connectivity index (χ1n) is 7.83. The minimum atomic E-state index is -0.819. The number of esters is 1. The van der Waals surface area contributed by atoms with Crippen LogP contribution in [-0.4, -0.2) is 32.5 Å². The molecule has 0 aliphatic carbocycles. The van der Waals surface area contributed by atoms with Gasteiger partial charge in [0.15, 0.2) is 5.01 Å². The van der Waals surface area contributed by atoms with Crippen molar-refractivity contribution in [3.8, 4) is 0 Å². The summed E-state index contributed by atoms with van der Waals surface area (Å²) in [6.45, 7) is 3.16. The molecule has 0 fully saturated rings. The molecule has 0 saturated carbocycles. The molecule has 2 heterocycles. The smallest absolute Gasteiger partial charge is 0.328 e. The largest absolute Gasteiger partial charge is 0.457 e. The van der Waals surface area contributed by atoms with Crippen LogP contribution in [0.4, 0.5) is 0 Å². The van der Waals surface area contributed by atoms with Crippen LogP contribution in [0.3, 0.4) is 0 Å². The van der Waals surface area contributed by atoms with Crippen LogP contribution in [0.5, 0.6) is 0 Å². The van der Waals surface area contributed by atoms with E-state index in [1.54, 1.807) is 37.3 Å². The number of aromatic nitrogens is 3. The van der Waals surface area contributed by atoms with Gasteiger partial charge in [-0.1, -0.05) is 29.5 Å². The minimum Gasteiger partial charge on any atom is -0.457 e. The van der Waals surface area contributed by atoms with E-state index in [0.29, 0.717) is 21.2 Å². The highest BCUT2D eigenvalue weighted by molar-refractivity contribution is 7.16. The Kier molecular flexibility index (Phi) is 5.08. The van der Waals surface area contributed by atoms with Crippen molar-refractivity contribution >= 4 is 28.2 Å². The highest BCUT2D eigenvalue weighted by atomic mass is 32.1. The summed E-state index contributed by atoms with van der Waals surface area (Å²) >= 11 is 1.17. The van der Waals surface area contributed by atoms with E-state index in [2.05, 4.69) is 15.4 Å². The Morgan fingerprint density at radius 2 is 2.04 bits per heavy atom. The van der Waals surface area contributed by atoms with Crippen LogP contribution in [0.1, 0.15) is 28.0 Å². The van der Waals surface area contributed by atoms with Gasteiger partial charge in [0.2, 0.25) is 4.96 Å². The van der Waals surface area contributed by atoms with Gasteiger partial charge in [0, 0.05) is 17.3 Å². The molecule has 134 valence electrons. The summed E-state index contributed by atoms with van der Waals surface area (Å²) in [5.41, 5.74) is 0.767. The maximum atomic E-state index is 12.1. The van der Waals surface area contributed by atoms with E-state index >= 15 is 0 Å². The predicted octanol–water partition coefficient (Wildman–Crippen LogP) is 1.32. The van der Waals surface area contributed by atoms with E-state index in [-0.39, 0.29) is 18.1 Å². The average molecular weight is 372 g/mol. The number of carbonyl (C=O) groups excluding carboxylic acids is 2. The number of nitrogens with one attached hydrogen (secondary N) is 1. The molecule has 2 aromatic heterocycles. The third-order valence-electron chi connectivity index (χ3n) is 3.49. The fourth-order valence-corrected chi connectivity index (χ4v) is 3.06. The summed E-state index contributed by atoms with van der Waals surface area (Å²) in [5.74, 6) is -0.953. The summed E-state index contributed by atoms with van der Waals surface area (Å²) in [6.07, 6.45) is 0. The maximum absolute atomic E-state index is 12.1. The molecule has 3 rings (SSSR count). The van der Waals surface area contributed by atoms with E-state index in [4.69, 9.17) is 4.74 Å². The normalized spacial score (nSPS) is 11.9. The quantitative estimate of drug-likeness (QED) is 0.678. The van der Waals surface area contributed by atoms with E-state index in [1.165, 1.54) is 28.8 Å². The number of fused-ring (bicyclic) bond motifs is 1. The van der Waals surface area contributed by atoms with Gasteiger partial charge >= 0.3 is 5.97 Å². The standard InChI is InChI=1S/C17H16N4O4S/c1-10-8-14(22)21-17(18-10)26-13(20-21)9-25-16(24)11(2)19-15(23)12-6-4-3-5-7-12/h3-8,11H,9H2,1-2H3,(H,19,23)/t11-/m0/s1. The van der Waals surface area contributed by atoms with Gasteiger partial charge in [0.25, 0.3) is 11.5 Å². The fourth-order valence-electron chi connectivity index (χ4n) is 2.20. The lowest BCUT2D eigenvalue weighted by Crippen LogP contribution is -2.39. The zero-order valence-corrected chi connectivity index (χ0v) is 14.9. The molecule has 0 aliphatic rings. The molecule has 0 aliphatic heterocycles. The molecule has 9 heteroatoms. The first-order chi connectivity index (χ1) is 12.4. The van der Waals surface area contributed by atoms with Crippen molar-refractivity contribution in [2.45, 2.75) is 26.5 Å². The van der Waals surface area contributed by atoms with Crippen LogP contribution in [0.2, 0.25) is 0 Å².